The van der Waals surface area contributed by atoms with Gasteiger partial charge in [0.25, 0.3) is 0 Å². The van der Waals surface area contributed by atoms with Crippen LogP contribution in [0.1, 0.15) is 58.2 Å². The summed E-state index contributed by atoms with van der Waals surface area (Å²) in [4.78, 5) is 11.9. The van der Waals surface area contributed by atoms with Crippen molar-refractivity contribution in [3.63, 3.8) is 0 Å². The molecule has 0 bridgehead atoms. The summed E-state index contributed by atoms with van der Waals surface area (Å²) in [6, 6.07) is 0.941. The highest BCUT2D eigenvalue weighted by Gasteiger charge is 2.26. The van der Waals surface area contributed by atoms with E-state index in [-0.39, 0.29) is 0 Å². The van der Waals surface area contributed by atoms with Crippen LogP contribution in [0.4, 0.5) is 0 Å². The van der Waals surface area contributed by atoms with E-state index >= 15 is 0 Å². The molecule has 0 radical (unpaired) electrons. The molecule has 0 spiro atoms. The average molecular weight is 313 g/mol. The molecule has 1 atom stereocenters. The molecule has 3 rings (SSSR count). The van der Waals surface area contributed by atoms with Crippen molar-refractivity contribution in [2.24, 2.45) is 0 Å². The quantitative estimate of drug-likeness (QED) is 0.866. The summed E-state index contributed by atoms with van der Waals surface area (Å²) < 4.78 is 1.98. The van der Waals surface area contributed by atoms with Crippen molar-refractivity contribution in [3.05, 3.63) is 30.5 Å². The van der Waals surface area contributed by atoms with Crippen molar-refractivity contribution in [2.75, 3.05) is 13.1 Å². The minimum atomic E-state index is 0.356. The molecule has 1 aliphatic rings. The molecule has 3 heterocycles. The molecule has 0 amide bonds. The molecule has 23 heavy (non-hydrogen) atoms. The van der Waals surface area contributed by atoms with Crippen LogP contribution in [0.15, 0.2) is 24.8 Å². The summed E-state index contributed by atoms with van der Waals surface area (Å²) in [5, 5.41) is 4.46. The minimum Gasteiger partial charge on any atom is -0.300 e. The van der Waals surface area contributed by atoms with Gasteiger partial charge in [-0.3, -0.25) is 14.6 Å². The largest absolute Gasteiger partial charge is 0.300 e. The molecule has 0 aliphatic carbocycles. The summed E-state index contributed by atoms with van der Waals surface area (Å²) in [6.45, 7) is 11.1. The number of hydrogen-bond donors (Lipinski definition) is 0. The standard InChI is InChI=1S/C18H27N5/c1-13(2)22-9-5-6-15(11-22)17-18(20-8-7-19-17)16-10-21-23(12-16)14(3)4/h7-8,10,12-15H,5-6,9,11H2,1-4H3/t15-/m0/s1. The second kappa shape index (κ2) is 6.79. The van der Waals surface area contributed by atoms with Crippen molar-refractivity contribution < 1.29 is 0 Å². The Hall–Kier alpha value is -1.75. The van der Waals surface area contributed by atoms with Crippen LogP contribution in [0.5, 0.6) is 0 Å². The van der Waals surface area contributed by atoms with E-state index in [1.54, 1.807) is 6.20 Å². The van der Waals surface area contributed by atoms with Gasteiger partial charge < -0.3 is 4.90 Å². The Kier molecular flexibility index (Phi) is 4.76. The number of piperidine rings is 1. The topological polar surface area (TPSA) is 46.8 Å². The molecule has 0 unspecified atom stereocenters. The van der Waals surface area contributed by atoms with Crippen LogP contribution in [-0.4, -0.2) is 43.8 Å². The maximum Gasteiger partial charge on any atom is 0.0952 e. The Balaban J connectivity index is 1.91. The average Bonchev–Trinajstić information content (AvgIpc) is 3.05. The highest BCUT2D eigenvalue weighted by molar-refractivity contribution is 5.60. The number of likely N-dealkylation sites (tertiary alicyclic amines) is 1. The Bertz CT molecular complexity index is 646. The van der Waals surface area contributed by atoms with Crippen LogP contribution < -0.4 is 0 Å². The van der Waals surface area contributed by atoms with Gasteiger partial charge in [0, 0.05) is 48.7 Å². The molecule has 2 aromatic heterocycles. The minimum absolute atomic E-state index is 0.356. The molecule has 2 aromatic rings. The molecule has 5 heteroatoms. The summed E-state index contributed by atoms with van der Waals surface area (Å²) in [7, 11) is 0. The van der Waals surface area contributed by atoms with Crippen LogP contribution in [-0.2, 0) is 0 Å². The fraction of sp³-hybridized carbons (Fsp3) is 0.611. The Labute approximate surface area is 138 Å². The monoisotopic (exact) mass is 313 g/mol. The first-order valence-electron chi connectivity index (χ1n) is 8.65. The highest BCUT2D eigenvalue weighted by Crippen LogP contribution is 2.32. The van der Waals surface area contributed by atoms with E-state index in [0.717, 1.165) is 23.5 Å². The molecular weight excluding hydrogens is 286 g/mol. The second-order valence-electron chi connectivity index (χ2n) is 7.02. The van der Waals surface area contributed by atoms with Gasteiger partial charge in [-0.25, -0.2) is 0 Å². The first kappa shape index (κ1) is 16.1. The maximum absolute atomic E-state index is 4.70. The third kappa shape index (κ3) is 3.44. The zero-order valence-corrected chi connectivity index (χ0v) is 14.6. The lowest BCUT2D eigenvalue weighted by atomic mass is 9.91. The smallest absolute Gasteiger partial charge is 0.0952 e. The summed E-state index contributed by atoms with van der Waals surface area (Å²) >= 11 is 0. The fourth-order valence-electron chi connectivity index (χ4n) is 3.31. The van der Waals surface area contributed by atoms with Gasteiger partial charge in [-0.1, -0.05) is 0 Å². The van der Waals surface area contributed by atoms with Crippen molar-refractivity contribution in [3.8, 4) is 11.3 Å². The first-order valence-corrected chi connectivity index (χ1v) is 8.65. The van der Waals surface area contributed by atoms with Crippen LogP contribution in [0.2, 0.25) is 0 Å². The fourth-order valence-corrected chi connectivity index (χ4v) is 3.31. The van der Waals surface area contributed by atoms with Gasteiger partial charge in [-0.2, -0.15) is 5.10 Å². The van der Waals surface area contributed by atoms with Crippen LogP contribution >= 0.6 is 0 Å². The molecule has 0 aromatic carbocycles. The molecule has 1 saturated heterocycles. The van der Waals surface area contributed by atoms with E-state index in [0.29, 0.717) is 18.0 Å². The van der Waals surface area contributed by atoms with E-state index in [2.05, 4.69) is 48.9 Å². The van der Waals surface area contributed by atoms with Gasteiger partial charge in [0.2, 0.25) is 0 Å². The summed E-state index contributed by atoms with van der Waals surface area (Å²) in [5.74, 6) is 0.456. The van der Waals surface area contributed by atoms with Crippen molar-refractivity contribution in [1.29, 1.82) is 0 Å². The van der Waals surface area contributed by atoms with E-state index in [1.807, 2.05) is 17.1 Å². The van der Waals surface area contributed by atoms with Crippen LogP contribution in [0.25, 0.3) is 11.3 Å². The van der Waals surface area contributed by atoms with Gasteiger partial charge >= 0.3 is 0 Å². The number of nitrogens with zero attached hydrogens (tertiary/aromatic N) is 5. The van der Waals surface area contributed by atoms with Gasteiger partial charge in [0.1, 0.15) is 0 Å². The molecule has 1 fully saturated rings. The molecule has 0 N–H and O–H groups in total. The molecule has 124 valence electrons. The van der Waals surface area contributed by atoms with Gasteiger partial charge in [-0.05, 0) is 47.1 Å². The van der Waals surface area contributed by atoms with Crippen molar-refractivity contribution in [2.45, 2.75) is 58.5 Å². The Morgan fingerprint density at radius 2 is 1.87 bits per heavy atom. The predicted octanol–water partition coefficient (Wildman–Crippen LogP) is 3.51. The lowest BCUT2D eigenvalue weighted by Gasteiger charge is -2.35. The molecular formula is C18H27N5. The molecule has 5 nitrogen and oxygen atoms in total. The van der Waals surface area contributed by atoms with Crippen molar-refractivity contribution >= 4 is 0 Å². The molecule has 1 aliphatic heterocycles. The third-order valence-electron chi connectivity index (χ3n) is 4.70. The highest BCUT2D eigenvalue weighted by atomic mass is 15.3. The first-order chi connectivity index (χ1) is 11.1. The maximum atomic E-state index is 4.70. The van der Waals surface area contributed by atoms with Crippen LogP contribution in [0.3, 0.4) is 0 Å². The van der Waals surface area contributed by atoms with E-state index < -0.39 is 0 Å². The Morgan fingerprint density at radius 1 is 1.09 bits per heavy atom. The Morgan fingerprint density at radius 3 is 2.57 bits per heavy atom. The van der Waals surface area contributed by atoms with E-state index in [9.17, 15) is 0 Å². The number of aromatic nitrogens is 4. The molecule has 0 saturated carbocycles. The van der Waals surface area contributed by atoms with E-state index in [4.69, 9.17) is 4.98 Å². The van der Waals surface area contributed by atoms with Crippen molar-refractivity contribution in [1.82, 2.24) is 24.6 Å². The summed E-state index contributed by atoms with van der Waals surface area (Å²) in [6.07, 6.45) is 10.0. The van der Waals surface area contributed by atoms with Crippen LogP contribution in [0, 0.1) is 0 Å². The van der Waals surface area contributed by atoms with E-state index in [1.165, 1.54) is 19.4 Å². The SMILES string of the molecule is CC(C)N1CCC[C@H](c2nccnc2-c2cnn(C(C)C)c2)C1. The van der Waals surface area contributed by atoms with Gasteiger partial charge in [0.15, 0.2) is 0 Å². The third-order valence-corrected chi connectivity index (χ3v) is 4.70. The number of hydrogen-bond acceptors (Lipinski definition) is 4. The second-order valence-corrected chi connectivity index (χ2v) is 7.02. The normalized spacial score (nSPS) is 19.7. The lowest BCUT2D eigenvalue weighted by molar-refractivity contribution is 0.166. The zero-order valence-electron chi connectivity index (χ0n) is 14.6. The number of rotatable bonds is 4. The lowest BCUT2D eigenvalue weighted by Crippen LogP contribution is -2.39. The predicted molar refractivity (Wildman–Crippen MR) is 92.3 cm³/mol. The summed E-state index contributed by atoms with van der Waals surface area (Å²) in [5.41, 5.74) is 3.19. The van der Waals surface area contributed by atoms with Gasteiger partial charge in [-0.15, -0.1) is 0 Å². The van der Waals surface area contributed by atoms with Gasteiger partial charge in [0.05, 0.1) is 17.6 Å². The zero-order chi connectivity index (χ0) is 16.4.